The van der Waals surface area contributed by atoms with E-state index in [9.17, 15) is 22.8 Å². The van der Waals surface area contributed by atoms with Gasteiger partial charge in [-0.2, -0.15) is 13.2 Å². The zero-order valence-electron chi connectivity index (χ0n) is 16.2. The van der Waals surface area contributed by atoms with E-state index in [2.05, 4.69) is 10.6 Å². The smallest absolute Gasteiger partial charge is 0.354 e. The summed E-state index contributed by atoms with van der Waals surface area (Å²) in [6.45, 7) is 3.78. The standard InChI is InChI=1S/C22H23F3N2O2/c1-13(2)26-20(28)10-14-6-8-17(9-7-14)27-21(29)19-12-18(19)15-4-3-5-16(11-15)22(23,24)25/h3-9,11,13,18-19H,10,12H2,1-2H3,(H,26,28)(H,27,29). The molecule has 0 spiro atoms. The molecule has 3 rings (SSSR count). The molecule has 0 heterocycles. The Morgan fingerprint density at radius 2 is 1.79 bits per heavy atom. The fraction of sp³-hybridized carbons (Fsp3) is 0.364. The minimum atomic E-state index is -4.39. The first-order valence-corrected chi connectivity index (χ1v) is 9.50. The average molecular weight is 404 g/mol. The van der Waals surface area contributed by atoms with Gasteiger partial charge in [-0.05, 0) is 55.5 Å². The van der Waals surface area contributed by atoms with Gasteiger partial charge in [-0.25, -0.2) is 0 Å². The largest absolute Gasteiger partial charge is 0.416 e. The fourth-order valence-electron chi connectivity index (χ4n) is 3.30. The van der Waals surface area contributed by atoms with Crippen molar-refractivity contribution in [1.29, 1.82) is 0 Å². The second-order valence-corrected chi connectivity index (χ2v) is 7.66. The highest BCUT2D eigenvalue weighted by Crippen LogP contribution is 2.48. The molecule has 1 aliphatic carbocycles. The Hall–Kier alpha value is -2.83. The number of alkyl halides is 3. The number of anilines is 1. The van der Waals surface area contributed by atoms with Crippen LogP contribution in [-0.2, 0) is 22.2 Å². The van der Waals surface area contributed by atoms with Crippen LogP contribution in [0.2, 0.25) is 0 Å². The molecule has 29 heavy (non-hydrogen) atoms. The zero-order chi connectivity index (χ0) is 21.2. The lowest BCUT2D eigenvalue weighted by molar-refractivity contribution is -0.137. The van der Waals surface area contributed by atoms with Crippen molar-refractivity contribution >= 4 is 17.5 Å². The van der Waals surface area contributed by atoms with Crippen molar-refractivity contribution in [3.63, 3.8) is 0 Å². The number of hydrogen-bond acceptors (Lipinski definition) is 2. The summed E-state index contributed by atoms with van der Waals surface area (Å²) in [5, 5.41) is 5.62. The van der Waals surface area contributed by atoms with Crippen LogP contribution in [0.4, 0.5) is 18.9 Å². The fourth-order valence-corrected chi connectivity index (χ4v) is 3.30. The van der Waals surface area contributed by atoms with Crippen molar-refractivity contribution in [2.24, 2.45) is 5.92 Å². The first-order valence-electron chi connectivity index (χ1n) is 9.50. The van der Waals surface area contributed by atoms with Crippen LogP contribution >= 0.6 is 0 Å². The molecule has 2 aromatic rings. The highest BCUT2D eigenvalue weighted by Gasteiger charge is 2.44. The Bertz CT molecular complexity index is 892. The van der Waals surface area contributed by atoms with Gasteiger partial charge in [-0.15, -0.1) is 0 Å². The molecule has 2 unspecified atom stereocenters. The normalized spacial score (nSPS) is 18.4. The molecule has 0 aromatic heterocycles. The Labute approximate surface area is 167 Å². The van der Waals surface area contributed by atoms with Gasteiger partial charge in [0.05, 0.1) is 12.0 Å². The lowest BCUT2D eigenvalue weighted by Gasteiger charge is -2.10. The predicted octanol–water partition coefficient (Wildman–Crippen LogP) is 4.51. The number of carbonyl (C=O) groups excluding carboxylic acids is 2. The highest BCUT2D eigenvalue weighted by atomic mass is 19.4. The second kappa shape index (κ2) is 8.27. The molecule has 0 saturated heterocycles. The number of rotatable bonds is 6. The summed E-state index contributed by atoms with van der Waals surface area (Å²) in [5.41, 5.74) is 1.26. The van der Waals surface area contributed by atoms with Crippen molar-refractivity contribution in [1.82, 2.24) is 5.32 Å². The third-order valence-corrected chi connectivity index (χ3v) is 4.81. The first kappa shape index (κ1) is 20.9. The van der Waals surface area contributed by atoms with Gasteiger partial charge in [0.2, 0.25) is 11.8 Å². The summed E-state index contributed by atoms with van der Waals surface area (Å²) in [6.07, 6.45) is -3.61. The summed E-state index contributed by atoms with van der Waals surface area (Å²) in [6, 6.07) is 12.2. The van der Waals surface area contributed by atoms with Gasteiger partial charge in [0.15, 0.2) is 0 Å². The molecule has 2 N–H and O–H groups in total. The molecule has 4 nitrogen and oxygen atoms in total. The maximum absolute atomic E-state index is 12.9. The maximum atomic E-state index is 12.9. The molecule has 154 valence electrons. The molecule has 0 radical (unpaired) electrons. The Morgan fingerprint density at radius 3 is 2.41 bits per heavy atom. The quantitative estimate of drug-likeness (QED) is 0.744. The van der Waals surface area contributed by atoms with Gasteiger partial charge in [0.25, 0.3) is 0 Å². The second-order valence-electron chi connectivity index (χ2n) is 7.66. The number of carbonyl (C=O) groups is 2. The molecule has 1 fully saturated rings. The summed E-state index contributed by atoms with van der Waals surface area (Å²) < 4.78 is 38.6. The van der Waals surface area contributed by atoms with Crippen LogP contribution < -0.4 is 10.6 Å². The lowest BCUT2D eigenvalue weighted by atomic mass is 10.1. The summed E-state index contributed by atoms with van der Waals surface area (Å²) in [5.74, 6) is -0.817. The summed E-state index contributed by atoms with van der Waals surface area (Å²) in [4.78, 5) is 24.2. The molecule has 1 aliphatic rings. The summed E-state index contributed by atoms with van der Waals surface area (Å²) >= 11 is 0. The van der Waals surface area contributed by atoms with Crippen molar-refractivity contribution in [3.05, 3.63) is 65.2 Å². The van der Waals surface area contributed by atoms with Crippen LogP contribution in [0.25, 0.3) is 0 Å². The Morgan fingerprint density at radius 1 is 1.10 bits per heavy atom. The topological polar surface area (TPSA) is 58.2 Å². The molecule has 2 amide bonds. The molecule has 2 atom stereocenters. The average Bonchev–Trinajstić information content (AvgIpc) is 3.43. The Balaban J connectivity index is 1.56. The molecular weight excluding hydrogens is 381 g/mol. The van der Waals surface area contributed by atoms with Crippen LogP contribution in [-0.4, -0.2) is 17.9 Å². The van der Waals surface area contributed by atoms with E-state index in [4.69, 9.17) is 0 Å². The zero-order valence-corrected chi connectivity index (χ0v) is 16.2. The van der Waals surface area contributed by atoms with E-state index >= 15 is 0 Å². The molecule has 0 aliphatic heterocycles. The molecule has 1 saturated carbocycles. The van der Waals surface area contributed by atoms with Gasteiger partial charge in [-0.1, -0.05) is 30.3 Å². The van der Waals surface area contributed by atoms with Crippen LogP contribution in [0.15, 0.2) is 48.5 Å². The van der Waals surface area contributed by atoms with Crippen molar-refractivity contribution in [2.75, 3.05) is 5.32 Å². The van der Waals surface area contributed by atoms with Gasteiger partial charge >= 0.3 is 6.18 Å². The van der Waals surface area contributed by atoms with E-state index in [1.54, 1.807) is 30.3 Å². The van der Waals surface area contributed by atoms with Crippen LogP contribution in [0.1, 0.15) is 42.9 Å². The third-order valence-electron chi connectivity index (χ3n) is 4.81. The van der Waals surface area contributed by atoms with Crippen LogP contribution in [0.3, 0.4) is 0 Å². The van der Waals surface area contributed by atoms with Gasteiger partial charge in [0, 0.05) is 17.6 Å². The number of halogens is 3. The van der Waals surface area contributed by atoms with Crippen LogP contribution in [0.5, 0.6) is 0 Å². The third kappa shape index (κ3) is 5.59. The number of hydrogen-bond donors (Lipinski definition) is 2. The van der Waals surface area contributed by atoms with Crippen molar-refractivity contribution < 1.29 is 22.8 Å². The molecule has 7 heteroatoms. The minimum absolute atomic E-state index is 0.0707. The van der Waals surface area contributed by atoms with E-state index in [1.165, 1.54) is 6.07 Å². The number of benzene rings is 2. The van der Waals surface area contributed by atoms with E-state index in [-0.39, 0.29) is 36.1 Å². The first-order chi connectivity index (χ1) is 13.6. The SMILES string of the molecule is CC(C)NC(=O)Cc1ccc(NC(=O)C2CC2c2cccc(C(F)(F)F)c2)cc1. The minimum Gasteiger partial charge on any atom is -0.354 e. The van der Waals surface area contributed by atoms with E-state index < -0.39 is 11.7 Å². The molecule has 2 aromatic carbocycles. The van der Waals surface area contributed by atoms with Gasteiger partial charge < -0.3 is 10.6 Å². The Kier molecular flexibility index (Phi) is 5.96. The van der Waals surface area contributed by atoms with E-state index in [0.29, 0.717) is 17.7 Å². The molecule has 0 bridgehead atoms. The number of amides is 2. The lowest BCUT2D eigenvalue weighted by Crippen LogP contribution is -2.31. The highest BCUT2D eigenvalue weighted by molar-refractivity contribution is 5.95. The molecular formula is C22H23F3N2O2. The van der Waals surface area contributed by atoms with Crippen molar-refractivity contribution in [2.45, 2.75) is 44.8 Å². The van der Waals surface area contributed by atoms with Gasteiger partial charge in [0.1, 0.15) is 0 Å². The van der Waals surface area contributed by atoms with E-state index in [1.807, 2.05) is 13.8 Å². The summed E-state index contributed by atoms with van der Waals surface area (Å²) in [7, 11) is 0. The van der Waals surface area contributed by atoms with Crippen molar-refractivity contribution in [3.8, 4) is 0 Å². The predicted molar refractivity (Wildman–Crippen MR) is 104 cm³/mol. The number of nitrogens with one attached hydrogen (secondary N) is 2. The monoisotopic (exact) mass is 404 g/mol. The van der Waals surface area contributed by atoms with Gasteiger partial charge in [-0.3, -0.25) is 9.59 Å². The van der Waals surface area contributed by atoms with E-state index in [0.717, 1.165) is 17.7 Å². The maximum Gasteiger partial charge on any atom is 0.416 e. The van der Waals surface area contributed by atoms with Crippen LogP contribution in [0, 0.1) is 5.92 Å².